The fourth-order valence-electron chi connectivity index (χ4n) is 4.49. The van der Waals surface area contributed by atoms with Gasteiger partial charge in [-0.25, -0.2) is 4.79 Å². The molecule has 1 amide bonds. The van der Waals surface area contributed by atoms with Crippen molar-refractivity contribution < 1.29 is 32.2 Å². The van der Waals surface area contributed by atoms with Crippen molar-refractivity contribution in [1.82, 2.24) is 5.32 Å². The van der Waals surface area contributed by atoms with Gasteiger partial charge in [-0.2, -0.15) is 13.2 Å². The lowest BCUT2D eigenvalue weighted by molar-refractivity contribution is -0.137. The highest BCUT2D eigenvalue weighted by Crippen LogP contribution is 2.32. The SMILES string of the molecule is O=C(Nc1cccc(C(F)(F)F)c1)OC1COC2C(NCc3ccc(-c4ccccc4)cc3)COC12. The molecule has 2 heterocycles. The second-order valence-electron chi connectivity index (χ2n) is 8.79. The first-order chi connectivity index (χ1) is 17.4. The Morgan fingerprint density at radius 1 is 0.889 bits per heavy atom. The largest absolute Gasteiger partial charge is 0.441 e. The molecule has 3 aromatic carbocycles. The first-order valence-corrected chi connectivity index (χ1v) is 11.6. The highest BCUT2D eigenvalue weighted by Gasteiger charge is 2.49. The number of rotatable bonds is 6. The predicted molar refractivity (Wildman–Crippen MR) is 127 cm³/mol. The Balaban J connectivity index is 1.12. The highest BCUT2D eigenvalue weighted by molar-refractivity contribution is 5.84. The molecule has 36 heavy (non-hydrogen) atoms. The van der Waals surface area contributed by atoms with Crippen molar-refractivity contribution in [3.63, 3.8) is 0 Å². The van der Waals surface area contributed by atoms with E-state index < -0.39 is 30.0 Å². The molecule has 2 saturated heterocycles. The summed E-state index contributed by atoms with van der Waals surface area (Å²) in [5.41, 5.74) is 2.56. The molecule has 3 aromatic rings. The van der Waals surface area contributed by atoms with Crippen molar-refractivity contribution in [2.45, 2.75) is 37.1 Å². The Morgan fingerprint density at radius 3 is 2.36 bits per heavy atom. The minimum Gasteiger partial charge on any atom is -0.441 e. The molecule has 4 atom stereocenters. The Kier molecular flexibility index (Phi) is 6.95. The Morgan fingerprint density at radius 2 is 1.61 bits per heavy atom. The zero-order chi connectivity index (χ0) is 25.1. The van der Waals surface area contributed by atoms with Gasteiger partial charge in [-0.1, -0.05) is 60.7 Å². The fraction of sp³-hybridized carbons (Fsp3) is 0.296. The van der Waals surface area contributed by atoms with Gasteiger partial charge in [0.2, 0.25) is 0 Å². The number of carbonyl (C=O) groups is 1. The van der Waals surface area contributed by atoms with E-state index in [9.17, 15) is 18.0 Å². The van der Waals surface area contributed by atoms with Crippen LogP contribution in [0.1, 0.15) is 11.1 Å². The van der Waals surface area contributed by atoms with Crippen molar-refractivity contribution in [2.75, 3.05) is 18.5 Å². The van der Waals surface area contributed by atoms with Gasteiger partial charge in [0.05, 0.1) is 24.8 Å². The number of alkyl halides is 3. The van der Waals surface area contributed by atoms with Gasteiger partial charge in [0.1, 0.15) is 12.2 Å². The van der Waals surface area contributed by atoms with Crippen LogP contribution in [0.5, 0.6) is 0 Å². The number of hydrogen-bond donors (Lipinski definition) is 2. The lowest BCUT2D eigenvalue weighted by atomic mass is 10.0. The van der Waals surface area contributed by atoms with Crippen molar-refractivity contribution in [3.8, 4) is 11.1 Å². The van der Waals surface area contributed by atoms with E-state index in [1.807, 2.05) is 18.2 Å². The summed E-state index contributed by atoms with van der Waals surface area (Å²) in [4.78, 5) is 12.3. The Hall–Kier alpha value is -3.40. The second-order valence-corrected chi connectivity index (χ2v) is 8.79. The Bertz CT molecular complexity index is 1190. The molecule has 2 aliphatic heterocycles. The molecule has 0 radical (unpaired) electrons. The summed E-state index contributed by atoms with van der Waals surface area (Å²) in [7, 11) is 0. The minimum absolute atomic E-state index is 0.00421. The van der Waals surface area contributed by atoms with Gasteiger partial charge in [-0.05, 0) is 34.9 Å². The summed E-state index contributed by atoms with van der Waals surface area (Å²) in [6, 6.07) is 22.7. The molecule has 4 unspecified atom stereocenters. The number of benzene rings is 3. The number of carbonyl (C=O) groups excluding carboxylic acids is 1. The van der Waals surface area contributed by atoms with Crippen molar-refractivity contribution in [2.24, 2.45) is 0 Å². The number of halogens is 3. The van der Waals surface area contributed by atoms with Gasteiger partial charge in [0, 0.05) is 12.2 Å². The molecular weight excluding hydrogens is 473 g/mol. The van der Waals surface area contributed by atoms with Gasteiger partial charge >= 0.3 is 12.3 Å². The van der Waals surface area contributed by atoms with Crippen molar-refractivity contribution in [1.29, 1.82) is 0 Å². The van der Waals surface area contributed by atoms with E-state index in [4.69, 9.17) is 14.2 Å². The topological polar surface area (TPSA) is 68.8 Å². The number of anilines is 1. The van der Waals surface area contributed by atoms with E-state index in [2.05, 4.69) is 47.0 Å². The zero-order valence-electron chi connectivity index (χ0n) is 19.2. The monoisotopic (exact) mass is 498 g/mol. The third-order valence-corrected chi connectivity index (χ3v) is 6.33. The van der Waals surface area contributed by atoms with Crippen LogP contribution in [-0.4, -0.2) is 43.7 Å². The molecular formula is C27H25F3N2O4. The number of hydrogen-bond acceptors (Lipinski definition) is 5. The number of nitrogens with one attached hydrogen (secondary N) is 2. The third kappa shape index (κ3) is 5.53. The highest BCUT2D eigenvalue weighted by atomic mass is 19.4. The van der Waals surface area contributed by atoms with E-state index in [0.29, 0.717) is 13.2 Å². The van der Waals surface area contributed by atoms with E-state index in [1.54, 1.807) is 0 Å². The molecule has 2 N–H and O–H groups in total. The molecule has 0 aliphatic carbocycles. The van der Waals surface area contributed by atoms with Crippen LogP contribution >= 0.6 is 0 Å². The average molecular weight is 499 g/mol. The second kappa shape index (κ2) is 10.3. The van der Waals surface area contributed by atoms with Gasteiger partial charge in [0.25, 0.3) is 0 Å². The molecule has 0 aromatic heterocycles. The molecule has 188 valence electrons. The normalized spacial score (nSPS) is 23.3. The van der Waals surface area contributed by atoms with Crippen LogP contribution in [0.4, 0.5) is 23.7 Å². The molecule has 9 heteroatoms. The van der Waals surface area contributed by atoms with Crippen LogP contribution in [0.25, 0.3) is 11.1 Å². The quantitative estimate of drug-likeness (QED) is 0.486. The van der Waals surface area contributed by atoms with E-state index >= 15 is 0 Å². The predicted octanol–water partition coefficient (Wildman–Crippen LogP) is 5.25. The molecule has 2 aliphatic rings. The van der Waals surface area contributed by atoms with Gasteiger partial charge in [-0.3, -0.25) is 5.32 Å². The third-order valence-electron chi connectivity index (χ3n) is 6.33. The van der Waals surface area contributed by atoms with Crippen LogP contribution < -0.4 is 10.6 Å². The minimum atomic E-state index is -4.50. The molecule has 0 spiro atoms. The average Bonchev–Trinajstić information content (AvgIpc) is 3.46. The zero-order valence-corrected chi connectivity index (χ0v) is 19.2. The lowest BCUT2D eigenvalue weighted by Gasteiger charge is -2.18. The molecule has 2 fully saturated rings. The summed E-state index contributed by atoms with van der Waals surface area (Å²) in [6.07, 6.45) is -6.76. The molecule has 5 rings (SSSR count). The summed E-state index contributed by atoms with van der Waals surface area (Å²) < 4.78 is 55.8. The van der Waals surface area contributed by atoms with Gasteiger partial charge < -0.3 is 19.5 Å². The fourth-order valence-corrected chi connectivity index (χ4v) is 4.49. The van der Waals surface area contributed by atoms with Gasteiger partial charge in [-0.15, -0.1) is 0 Å². The van der Waals surface area contributed by atoms with E-state index in [-0.39, 0.29) is 24.4 Å². The summed E-state index contributed by atoms with van der Waals surface area (Å²) in [6.45, 7) is 1.17. The summed E-state index contributed by atoms with van der Waals surface area (Å²) in [5.74, 6) is 0. The van der Waals surface area contributed by atoms with Crippen LogP contribution in [-0.2, 0) is 26.9 Å². The van der Waals surface area contributed by atoms with Gasteiger partial charge in [0.15, 0.2) is 6.10 Å². The maximum absolute atomic E-state index is 12.9. The standard InChI is InChI=1S/C27H25F3N2O4/c28-27(29,30)20-7-4-8-21(13-20)32-26(33)36-23-16-35-24-22(15-34-25(23)24)31-14-17-9-11-19(12-10-17)18-5-2-1-3-6-18/h1-13,22-25,31H,14-16H2,(H,32,33). The Labute approximate surface area is 206 Å². The summed E-state index contributed by atoms with van der Waals surface area (Å²) >= 11 is 0. The van der Waals surface area contributed by atoms with E-state index in [1.165, 1.54) is 12.1 Å². The molecule has 0 bridgehead atoms. The van der Waals surface area contributed by atoms with Crippen molar-refractivity contribution in [3.05, 3.63) is 90.0 Å². The first kappa shape index (κ1) is 24.3. The van der Waals surface area contributed by atoms with E-state index in [0.717, 1.165) is 28.8 Å². The van der Waals surface area contributed by atoms with Crippen molar-refractivity contribution >= 4 is 11.8 Å². The van der Waals surface area contributed by atoms with Crippen LogP contribution in [0.2, 0.25) is 0 Å². The maximum atomic E-state index is 12.9. The van der Waals surface area contributed by atoms with Crippen LogP contribution in [0.3, 0.4) is 0 Å². The lowest BCUT2D eigenvalue weighted by Crippen LogP contribution is -2.41. The summed E-state index contributed by atoms with van der Waals surface area (Å²) in [5, 5.41) is 5.80. The maximum Gasteiger partial charge on any atom is 0.416 e. The first-order valence-electron chi connectivity index (χ1n) is 11.6. The molecule has 6 nitrogen and oxygen atoms in total. The number of ether oxygens (including phenoxy) is 3. The molecule has 0 saturated carbocycles. The smallest absolute Gasteiger partial charge is 0.416 e. The number of fused-ring (bicyclic) bond motifs is 1. The van der Waals surface area contributed by atoms with Crippen LogP contribution in [0.15, 0.2) is 78.9 Å². The van der Waals surface area contributed by atoms with Crippen LogP contribution in [0, 0.1) is 0 Å². The number of amides is 1.